The molecule has 2 heterocycles. The number of allylic oxidation sites excluding steroid dienone is 2. The number of hydrogen-bond acceptors (Lipinski definition) is 3. The van der Waals surface area contributed by atoms with Crippen LogP contribution in [-0.2, 0) is 11.2 Å². The average Bonchev–Trinajstić information content (AvgIpc) is 3.38. The standard InChI is InChI=1S/C23H24ClN3O2.C4H8/c1-16-20(24)8-3-10-22(16)29-13-5-11-23(28)27-12-4-7-19-18(6-2-9-21(19)27)17-14-25-26-15-17;1-3-4-2/h2-3,6,8-10,14-15H,4-5,7,11-13H2,1H3,(H,25,26);3-4H,1-2H3/b;4-3-. The average molecular weight is 466 g/mol. The number of carbonyl (C=O) groups excluding carboxylic acids is 1. The molecule has 33 heavy (non-hydrogen) atoms. The Kier molecular flexibility index (Phi) is 9.14. The highest BCUT2D eigenvalue weighted by Gasteiger charge is 2.24. The van der Waals surface area contributed by atoms with Crippen LogP contribution in [0.5, 0.6) is 5.75 Å². The minimum atomic E-state index is 0.140. The number of aromatic amines is 1. The van der Waals surface area contributed by atoms with Crippen LogP contribution < -0.4 is 9.64 Å². The normalized spacial score (nSPS) is 12.8. The fourth-order valence-electron chi connectivity index (χ4n) is 3.84. The van der Waals surface area contributed by atoms with Crippen LogP contribution in [0.15, 0.2) is 60.9 Å². The lowest BCUT2D eigenvalue weighted by Gasteiger charge is -2.31. The number of halogens is 1. The number of H-pyrrole nitrogens is 1. The zero-order valence-electron chi connectivity index (χ0n) is 19.6. The van der Waals surface area contributed by atoms with Gasteiger partial charge in [-0.3, -0.25) is 9.89 Å². The third-order valence-corrected chi connectivity index (χ3v) is 6.11. The Morgan fingerprint density at radius 3 is 2.73 bits per heavy atom. The maximum absolute atomic E-state index is 12.9. The van der Waals surface area contributed by atoms with E-state index in [4.69, 9.17) is 16.3 Å². The van der Waals surface area contributed by atoms with E-state index in [0.717, 1.165) is 47.5 Å². The van der Waals surface area contributed by atoms with Crippen LogP contribution >= 0.6 is 11.6 Å². The summed E-state index contributed by atoms with van der Waals surface area (Å²) in [5.41, 5.74) is 5.37. The third-order valence-electron chi connectivity index (χ3n) is 5.70. The summed E-state index contributed by atoms with van der Waals surface area (Å²) in [6.45, 7) is 7.18. The summed E-state index contributed by atoms with van der Waals surface area (Å²) in [6, 6.07) is 11.8. The Labute approximate surface area is 201 Å². The van der Waals surface area contributed by atoms with E-state index < -0.39 is 0 Å². The lowest BCUT2D eigenvalue weighted by Crippen LogP contribution is -2.35. The van der Waals surface area contributed by atoms with Gasteiger partial charge in [-0.15, -0.1) is 0 Å². The number of fused-ring (bicyclic) bond motifs is 1. The molecule has 0 radical (unpaired) electrons. The number of carbonyl (C=O) groups is 1. The number of aromatic nitrogens is 2. The minimum Gasteiger partial charge on any atom is -0.493 e. The molecule has 6 heteroatoms. The van der Waals surface area contributed by atoms with Crippen molar-refractivity contribution in [3.05, 3.63) is 77.1 Å². The van der Waals surface area contributed by atoms with E-state index in [9.17, 15) is 4.79 Å². The van der Waals surface area contributed by atoms with Crippen molar-refractivity contribution in [3.8, 4) is 16.9 Å². The van der Waals surface area contributed by atoms with Gasteiger partial charge in [0.25, 0.3) is 0 Å². The topological polar surface area (TPSA) is 58.2 Å². The molecule has 0 atom stereocenters. The molecular formula is C27H32ClN3O2. The number of ether oxygens (including phenoxy) is 1. The van der Waals surface area contributed by atoms with Crippen molar-refractivity contribution in [1.82, 2.24) is 10.2 Å². The molecule has 0 spiro atoms. The van der Waals surface area contributed by atoms with Gasteiger partial charge in [-0.25, -0.2) is 0 Å². The molecule has 0 unspecified atom stereocenters. The molecule has 1 aliphatic rings. The number of nitrogens with one attached hydrogen (secondary N) is 1. The van der Waals surface area contributed by atoms with E-state index in [2.05, 4.69) is 16.3 Å². The van der Waals surface area contributed by atoms with E-state index >= 15 is 0 Å². The number of benzene rings is 2. The highest BCUT2D eigenvalue weighted by atomic mass is 35.5. The Bertz CT molecular complexity index is 1070. The highest BCUT2D eigenvalue weighted by molar-refractivity contribution is 6.31. The highest BCUT2D eigenvalue weighted by Crippen LogP contribution is 2.35. The fourth-order valence-corrected chi connectivity index (χ4v) is 4.00. The largest absolute Gasteiger partial charge is 0.493 e. The predicted molar refractivity (Wildman–Crippen MR) is 136 cm³/mol. The van der Waals surface area contributed by atoms with E-state index in [-0.39, 0.29) is 5.91 Å². The summed E-state index contributed by atoms with van der Waals surface area (Å²) in [7, 11) is 0. The summed E-state index contributed by atoms with van der Waals surface area (Å²) in [5.74, 6) is 0.916. The Hall–Kier alpha value is -3.05. The molecule has 174 valence electrons. The second kappa shape index (κ2) is 12.3. The number of anilines is 1. The first kappa shape index (κ1) is 24.6. The molecule has 0 saturated heterocycles. The van der Waals surface area contributed by atoms with E-state index in [1.54, 1.807) is 0 Å². The molecule has 0 aliphatic carbocycles. The van der Waals surface area contributed by atoms with E-state index in [0.29, 0.717) is 24.5 Å². The number of hydrogen-bond donors (Lipinski definition) is 1. The van der Waals surface area contributed by atoms with E-state index in [1.165, 1.54) is 5.56 Å². The second-order valence-corrected chi connectivity index (χ2v) is 8.33. The molecule has 5 nitrogen and oxygen atoms in total. The molecular weight excluding hydrogens is 434 g/mol. The molecule has 1 aromatic heterocycles. The second-order valence-electron chi connectivity index (χ2n) is 7.92. The number of nitrogens with zero attached hydrogens (tertiary/aromatic N) is 2. The first-order chi connectivity index (χ1) is 16.1. The SMILES string of the molecule is C/C=C\C.Cc1c(Cl)cccc1OCCCC(=O)N1CCCc2c(-c3cn[nH]c3)cccc21. The van der Waals surface area contributed by atoms with Gasteiger partial charge in [-0.2, -0.15) is 5.10 Å². The number of amides is 1. The van der Waals surface area contributed by atoms with Gasteiger partial charge in [0.2, 0.25) is 5.91 Å². The van der Waals surface area contributed by atoms with Crippen LogP contribution in [0, 0.1) is 6.92 Å². The molecule has 1 amide bonds. The van der Waals surface area contributed by atoms with Gasteiger partial charge in [0.15, 0.2) is 0 Å². The van der Waals surface area contributed by atoms with Crippen LogP contribution in [0.1, 0.15) is 44.2 Å². The first-order valence-electron chi connectivity index (χ1n) is 11.4. The Morgan fingerprint density at radius 1 is 1.21 bits per heavy atom. The van der Waals surface area contributed by atoms with Gasteiger partial charge in [-0.1, -0.05) is 42.0 Å². The summed E-state index contributed by atoms with van der Waals surface area (Å²) in [5, 5.41) is 7.62. The molecule has 3 aromatic rings. The zero-order chi connectivity index (χ0) is 23.6. The van der Waals surface area contributed by atoms with Crippen LogP contribution in [0.2, 0.25) is 5.02 Å². The first-order valence-corrected chi connectivity index (χ1v) is 11.8. The Morgan fingerprint density at radius 2 is 2.00 bits per heavy atom. The van der Waals surface area contributed by atoms with Crippen molar-refractivity contribution in [3.63, 3.8) is 0 Å². The van der Waals surface area contributed by atoms with Gasteiger partial charge in [0.1, 0.15) is 5.75 Å². The maximum Gasteiger partial charge on any atom is 0.227 e. The predicted octanol–water partition coefficient (Wildman–Crippen LogP) is 6.76. The van der Waals surface area contributed by atoms with Gasteiger partial charge in [-0.05, 0) is 69.4 Å². The summed E-state index contributed by atoms with van der Waals surface area (Å²) in [6.07, 6.45) is 10.8. The molecule has 4 rings (SSSR count). The van der Waals surface area contributed by atoms with Crippen LogP contribution in [0.25, 0.3) is 11.1 Å². The number of rotatable bonds is 6. The summed E-state index contributed by atoms with van der Waals surface area (Å²) in [4.78, 5) is 14.8. The van der Waals surface area contributed by atoms with Gasteiger partial charge >= 0.3 is 0 Å². The van der Waals surface area contributed by atoms with Crippen molar-refractivity contribution in [2.24, 2.45) is 0 Å². The monoisotopic (exact) mass is 465 g/mol. The van der Waals surface area contributed by atoms with Gasteiger partial charge in [0, 0.05) is 41.0 Å². The van der Waals surface area contributed by atoms with Gasteiger partial charge < -0.3 is 9.64 Å². The summed E-state index contributed by atoms with van der Waals surface area (Å²) < 4.78 is 5.83. The van der Waals surface area contributed by atoms with Crippen LogP contribution in [-0.4, -0.2) is 29.3 Å². The van der Waals surface area contributed by atoms with Crippen molar-refractivity contribution in [2.75, 3.05) is 18.1 Å². The van der Waals surface area contributed by atoms with Crippen LogP contribution in [0.4, 0.5) is 5.69 Å². The minimum absolute atomic E-state index is 0.140. The van der Waals surface area contributed by atoms with E-state index in [1.807, 2.05) is 80.5 Å². The van der Waals surface area contributed by atoms with Crippen molar-refractivity contribution < 1.29 is 9.53 Å². The quantitative estimate of drug-likeness (QED) is 0.323. The van der Waals surface area contributed by atoms with Crippen LogP contribution in [0.3, 0.4) is 0 Å². The molecule has 0 saturated carbocycles. The molecule has 1 N–H and O–H groups in total. The molecule has 1 aliphatic heterocycles. The van der Waals surface area contributed by atoms with Crippen molar-refractivity contribution in [2.45, 2.75) is 46.5 Å². The molecule has 0 bridgehead atoms. The molecule has 0 fully saturated rings. The maximum atomic E-state index is 12.9. The third kappa shape index (κ3) is 6.26. The smallest absolute Gasteiger partial charge is 0.227 e. The lowest BCUT2D eigenvalue weighted by molar-refractivity contribution is -0.118. The van der Waals surface area contributed by atoms with Crippen molar-refractivity contribution >= 4 is 23.2 Å². The Balaban J connectivity index is 0.000000709. The fraction of sp³-hybridized carbons (Fsp3) is 0.333. The molecule has 2 aromatic carbocycles. The van der Waals surface area contributed by atoms with Crippen molar-refractivity contribution in [1.29, 1.82) is 0 Å². The zero-order valence-corrected chi connectivity index (χ0v) is 20.4. The summed E-state index contributed by atoms with van der Waals surface area (Å²) >= 11 is 6.13. The lowest BCUT2D eigenvalue weighted by atomic mass is 9.93. The van der Waals surface area contributed by atoms with Gasteiger partial charge in [0.05, 0.1) is 12.8 Å².